The van der Waals surface area contributed by atoms with E-state index in [1.165, 1.54) is 25.8 Å². The van der Waals surface area contributed by atoms with Gasteiger partial charge >= 0.3 is 0 Å². The van der Waals surface area contributed by atoms with Crippen molar-refractivity contribution in [1.82, 2.24) is 10.2 Å². The predicted octanol–water partition coefficient (Wildman–Crippen LogP) is -0.193. The Morgan fingerprint density at radius 1 is 1.25 bits per heavy atom. The molecule has 0 aromatic carbocycles. The summed E-state index contributed by atoms with van der Waals surface area (Å²) >= 11 is 0. The van der Waals surface area contributed by atoms with Crippen molar-refractivity contribution in [2.24, 2.45) is 0 Å². The number of aliphatic hydroxyl groups excluding tert-OH is 1. The van der Waals surface area contributed by atoms with Crippen molar-refractivity contribution >= 4 is 0 Å². The molecule has 70 valence electrons. The molecule has 0 aromatic rings. The van der Waals surface area contributed by atoms with Gasteiger partial charge in [0.2, 0.25) is 0 Å². The molecule has 0 aliphatic carbocycles. The molecule has 0 radical (unpaired) electrons. The molecule has 1 spiro atoms. The molecule has 2 fully saturated rings. The fourth-order valence-electron chi connectivity index (χ4n) is 2.25. The highest BCUT2D eigenvalue weighted by Crippen LogP contribution is 2.30. The Morgan fingerprint density at radius 2 is 1.92 bits per heavy atom. The molecule has 0 saturated carbocycles. The van der Waals surface area contributed by atoms with Crippen LogP contribution >= 0.6 is 0 Å². The number of piperidine rings is 1. The number of hydrogen-bond acceptors (Lipinski definition) is 3. The molecule has 2 aliphatic heterocycles. The van der Waals surface area contributed by atoms with E-state index < -0.39 is 0 Å². The molecule has 2 saturated heterocycles. The highest BCUT2D eigenvalue weighted by molar-refractivity contribution is 4.99. The molecule has 0 bridgehead atoms. The Labute approximate surface area is 73.8 Å². The quantitative estimate of drug-likeness (QED) is 0.603. The van der Waals surface area contributed by atoms with Crippen molar-refractivity contribution in [2.45, 2.75) is 24.8 Å². The van der Waals surface area contributed by atoms with Crippen molar-refractivity contribution in [3.05, 3.63) is 0 Å². The van der Waals surface area contributed by atoms with Gasteiger partial charge in [0.15, 0.2) is 0 Å². The molecule has 0 amide bonds. The van der Waals surface area contributed by atoms with Crippen molar-refractivity contribution in [2.75, 3.05) is 32.8 Å². The number of rotatable bonds is 2. The molecule has 0 aromatic heterocycles. The molecule has 2 aliphatic rings. The summed E-state index contributed by atoms with van der Waals surface area (Å²) in [6.45, 7) is 4.69. The topological polar surface area (TPSA) is 35.5 Å². The molecular formula is C9H18N2O. The normalized spacial score (nSPS) is 28.8. The number of β-amino-alcohol motifs (C(OH)–C–C–N with tert-alkyl or cyclic N) is 1. The maximum absolute atomic E-state index is 8.76. The van der Waals surface area contributed by atoms with Crippen LogP contribution in [0.4, 0.5) is 0 Å². The summed E-state index contributed by atoms with van der Waals surface area (Å²) in [4.78, 5) is 2.35. The van der Waals surface area contributed by atoms with Crippen LogP contribution in [0.15, 0.2) is 0 Å². The van der Waals surface area contributed by atoms with E-state index in [9.17, 15) is 0 Å². The molecule has 12 heavy (non-hydrogen) atoms. The van der Waals surface area contributed by atoms with Crippen molar-refractivity contribution in [3.8, 4) is 0 Å². The minimum atomic E-state index is 0.306. The van der Waals surface area contributed by atoms with E-state index in [0.29, 0.717) is 12.1 Å². The molecule has 2 rings (SSSR count). The van der Waals surface area contributed by atoms with Gasteiger partial charge in [-0.05, 0) is 38.9 Å². The molecule has 0 atom stereocenters. The average Bonchev–Trinajstić information content (AvgIpc) is 2.04. The van der Waals surface area contributed by atoms with Crippen LogP contribution in [0.3, 0.4) is 0 Å². The second-order valence-electron chi connectivity index (χ2n) is 4.02. The van der Waals surface area contributed by atoms with Gasteiger partial charge in [0.1, 0.15) is 0 Å². The van der Waals surface area contributed by atoms with Gasteiger partial charge in [-0.25, -0.2) is 0 Å². The van der Waals surface area contributed by atoms with Crippen LogP contribution in [-0.4, -0.2) is 48.3 Å². The lowest BCUT2D eigenvalue weighted by Gasteiger charge is -2.48. The van der Waals surface area contributed by atoms with Gasteiger partial charge in [-0.2, -0.15) is 0 Å². The van der Waals surface area contributed by atoms with Gasteiger partial charge in [-0.1, -0.05) is 0 Å². The Morgan fingerprint density at radius 3 is 2.33 bits per heavy atom. The summed E-state index contributed by atoms with van der Waals surface area (Å²) in [6.07, 6.45) is 3.90. The van der Waals surface area contributed by atoms with Crippen LogP contribution in [0.1, 0.15) is 19.3 Å². The third kappa shape index (κ3) is 1.49. The minimum Gasteiger partial charge on any atom is -0.395 e. The SMILES string of the molecule is OCCN1CCC2(CCN2)CC1. The summed E-state index contributed by atoms with van der Waals surface area (Å²) < 4.78 is 0. The number of hydrogen-bond donors (Lipinski definition) is 2. The van der Waals surface area contributed by atoms with E-state index in [2.05, 4.69) is 10.2 Å². The summed E-state index contributed by atoms with van der Waals surface area (Å²) in [5.41, 5.74) is 0.506. The van der Waals surface area contributed by atoms with Crippen molar-refractivity contribution in [3.63, 3.8) is 0 Å². The fraction of sp³-hybridized carbons (Fsp3) is 1.00. The van der Waals surface area contributed by atoms with E-state index in [0.717, 1.165) is 19.6 Å². The Hall–Kier alpha value is -0.120. The van der Waals surface area contributed by atoms with Crippen LogP contribution in [-0.2, 0) is 0 Å². The number of nitrogens with one attached hydrogen (secondary N) is 1. The van der Waals surface area contributed by atoms with Crippen molar-refractivity contribution in [1.29, 1.82) is 0 Å². The molecular weight excluding hydrogens is 152 g/mol. The standard InChI is InChI=1S/C9H18N2O/c12-8-7-11-5-2-9(3-6-11)1-4-10-9/h10,12H,1-8H2. The van der Waals surface area contributed by atoms with Gasteiger partial charge in [0, 0.05) is 12.1 Å². The zero-order valence-electron chi connectivity index (χ0n) is 7.55. The molecule has 3 nitrogen and oxygen atoms in total. The third-order valence-electron chi connectivity index (χ3n) is 3.33. The van der Waals surface area contributed by atoms with E-state index in [1.807, 2.05) is 0 Å². The maximum Gasteiger partial charge on any atom is 0.0558 e. The molecule has 2 heterocycles. The average molecular weight is 170 g/mol. The highest BCUT2D eigenvalue weighted by atomic mass is 16.3. The molecule has 2 N–H and O–H groups in total. The largest absolute Gasteiger partial charge is 0.395 e. The predicted molar refractivity (Wildman–Crippen MR) is 48.1 cm³/mol. The lowest BCUT2D eigenvalue weighted by Crippen LogP contribution is -2.61. The number of nitrogens with zero attached hydrogens (tertiary/aromatic N) is 1. The molecule has 0 unspecified atom stereocenters. The van der Waals surface area contributed by atoms with Gasteiger partial charge in [0.25, 0.3) is 0 Å². The Balaban J connectivity index is 1.77. The van der Waals surface area contributed by atoms with Crippen LogP contribution < -0.4 is 5.32 Å². The monoisotopic (exact) mass is 170 g/mol. The second kappa shape index (κ2) is 3.32. The van der Waals surface area contributed by atoms with E-state index in [-0.39, 0.29) is 0 Å². The van der Waals surface area contributed by atoms with Crippen molar-refractivity contribution < 1.29 is 5.11 Å². The summed E-state index contributed by atoms with van der Waals surface area (Å²) in [6, 6.07) is 0. The number of likely N-dealkylation sites (tertiary alicyclic amines) is 1. The summed E-state index contributed by atoms with van der Waals surface area (Å²) in [5, 5.41) is 12.3. The second-order valence-corrected chi connectivity index (χ2v) is 4.02. The first-order valence-electron chi connectivity index (χ1n) is 4.93. The Bertz CT molecular complexity index is 147. The van der Waals surface area contributed by atoms with Crippen LogP contribution in [0.5, 0.6) is 0 Å². The minimum absolute atomic E-state index is 0.306. The fourth-order valence-corrected chi connectivity index (χ4v) is 2.25. The smallest absolute Gasteiger partial charge is 0.0558 e. The van der Waals surface area contributed by atoms with E-state index in [4.69, 9.17) is 5.11 Å². The van der Waals surface area contributed by atoms with Gasteiger partial charge in [-0.15, -0.1) is 0 Å². The first kappa shape index (κ1) is 8.48. The van der Waals surface area contributed by atoms with Crippen LogP contribution in [0.2, 0.25) is 0 Å². The zero-order valence-corrected chi connectivity index (χ0v) is 7.55. The third-order valence-corrected chi connectivity index (χ3v) is 3.33. The van der Waals surface area contributed by atoms with Gasteiger partial charge in [0.05, 0.1) is 6.61 Å². The maximum atomic E-state index is 8.76. The zero-order chi connectivity index (χ0) is 8.44. The molecule has 3 heteroatoms. The highest BCUT2D eigenvalue weighted by Gasteiger charge is 2.38. The van der Waals surface area contributed by atoms with Crippen LogP contribution in [0, 0.1) is 0 Å². The Kier molecular flexibility index (Phi) is 2.35. The number of aliphatic hydroxyl groups is 1. The van der Waals surface area contributed by atoms with Gasteiger partial charge < -0.3 is 15.3 Å². The summed E-state index contributed by atoms with van der Waals surface area (Å²) in [7, 11) is 0. The summed E-state index contributed by atoms with van der Waals surface area (Å²) in [5.74, 6) is 0. The lowest BCUT2D eigenvalue weighted by molar-refractivity contribution is 0.0745. The first-order chi connectivity index (χ1) is 5.85. The van der Waals surface area contributed by atoms with E-state index >= 15 is 0 Å². The lowest BCUT2D eigenvalue weighted by atomic mass is 9.79. The van der Waals surface area contributed by atoms with Gasteiger partial charge in [-0.3, -0.25) is 0 Å². The first-order valence-corrected chi connectivity index (χ1v) is 4.93. The van der Waals surface area contributed by atoms with E-state index in [1.54, 1.807) is 0 Å². The van der Waals surface area contributed by atoms with Crippen LogP contribution in [0.25, 0.3) is 0 Å².